The lowest BCUT2D eigenvalue weighted by atomic mass is 9.73. The van der Waals surface area contributed by atoms with Gasteiger partial charge in [-0.25, -0.2) is 15.0 Å². The molecule has 236 valence electrons. The van der Waals surface area contributed by atoms with Crippen molar-refractivity contribution in [3.8, 4) is 28.3 Å². The fraction of sp³-hybridized carbons (Fsp3) is 0.368. The first-order valence-corrected chi connectivity index (χ1v) is 16.5. The van der Waals surface area contributed by atoms with Gasteiger partial charge >= 0.3 is 5.97 Å². The number of nitrogens with zero attached hydrogens (tertiary/aromatic N) is 5. The van der Waals surface area contributed by atoms with Crippen molar-refractivity contribution in [3.63, 3.8) is 0 Å². The van der Waals surface area contributed by atoms with Crippen LogP contribution in [0.1, 0.15) is 51.0 Å². The normalized spacial score (nSPS) is 19.7. The van der Waals surface area contributed by atoms with Gasteiger partial charge < -0.3 is 10.5 Å². The molecule has 3 aromatic heterocycles. The van der Waals surface area contributed by atoms with E-state index in [0.717, 1.165) is 78.3 Å². The summed E-state index contributed by atoms with van der Waals surface area (Å²) >= 11 is 0. The Kier molecular flexibility index (Phi) is 8.30. The Morgan fingerprint density at radius 1 is 0.891 bits per heavy atom. The Balaban J connectivity index is 1.14. The monoisotopic (exact) mass is 614 g/mol. The smallest absolute Gasteiger partial charge is 0.308 e. The number of rotatable bonds is 8. The summed E-state index contributed by atoms with van der Waals surface area (Å²) in [6.45, 7) is 6.82. The summed E-state index contributed by atoms with van der Waals surface area (Å²) in [7, 11) is 1.50. The molecule has 1 aliphatic carbocycles. The van der Waals surface area contributed by atoms with E-state index in [2.05, 4.69) is 64.7 Å². The minimum absolute atomic E-state index is 0.0425. The molecule has 2 fully saturated rings. The average Bonchev–Trinajstić information content (AvgIpc) is 3.45. The topological polar surface area (TPSA) is 99.2 Å². The van der Waals surface area contributed by atoms with Gasteiger partial charge in [-0.1, -0.05) is 56.3 Å². The van der Waals surface area contributed by atoms with E-state index in [9.17, 15) is 4.79 Å². The maximum absolute atomic E-state index is 12.1. The number of benzene rings is 2. The van der Waals surface area contributed by atoms with Gasteiger partial charge in [0.25, 0.3) is 0 Å². The van der Waals surface area contributed by atoms with Crippen molar-refractivity contribution in [1.29, 1.82) is 0 Å². The molecule has 7 rings (SSSR count). The highest BCUT2D eigenvalue weighted by Crippen LogP contribution is 2.40. The van der Waals surface area contributed by atoms with Crippen LogP contribution >= 0.6 is 0 Å². The van der Waals surface area contributed by atoms with Crippen molar-refractivity contribution in [2.75, 3.05) is 25.9 Å². The predicted octanol–water partition coefficient (Wildman–Crippen LogP) is 7.13. The van der Waals surface area contributed by atoms with Crippen LogP contribution in [0.5, 0.6) is 0 Å². The molecule has 1 atom stereocenters. The Labute approximate surface area is 270 Å². The molecule has 2 aliphatic rings. The van der Waals surface area contributed by atoms with Crippen LogP contribution in [0.3, 0.4) is 0 Å². The average molecular weight is 615 g/mol. The lowest BCUT2D eigenvalue weighted by Crippen LogP contribution is -2.55. The number of hydrogen-bond donors (Lipinski definition) is 1. The van der Waals surface area contributed by atoms with Crippen LogP contribution in [0.15, 0.2) is 85.1 Å². The number of pyridine rings is 2. The van der Waals surface area contributed by atoms with Gasteiger partial charge in [0.05, 0.1) is 24.3 Å². The van der Waals surface area contributed by atoms with Crippen LogP contribution in [-0.2, 0) is 9.53 Å². The first-order valence-electron chi connectivity index (χ1n) is 16.5. The quantitative estimate of drug-likeness (QED) is 0.186. The number of nitrogens with two attached hydrogens (primary N) is 1. The number of likely N-dealkylation sites (tertiary alicyclic amines) is 1. The molecule has 0 spiro atoms. The van der Waals surface area contributed by atoms with Crippen LogP contribution in [0.2, 0.25) is 0 Å². The molecule has 5 aromatic rings. The second-order valence-electron chi connectivity index (χ2n) is 13.2. The number of imidazole rings is 1. The first kappa shape index (κ1) is 30.1. The number of ether oxygens (including phenoxy) is 1. The summed E-state index contributed by atoms with van der Waals surface area (Å²) < 4.78 is 7.12. The number of aromatic nitrogens is 4. The van der Waals surface area contributed by atoms with E-state index in [1.54, 1.807) is 6.20 Å². The maximum Gasteiger partial charge on any atom is 0.308 e. The summed E-state index contributed by atoms with van der Waals surface area (Å²) in [5, 5.41) is 0. The maximum atomic E-state index is 12.1. The summed E-state index contributed by atoms with van der Waals surface area (Å²) in [5.74, 6) is 2.89. The molecule has 4 heterocycles. The van der Waals surface area contributed by atoms with Crippen molar-refractivity contribution in [1.82, 2.24) is 24.4 Å². The molecule has 8 nitrogen and oxygen atoms in total. The summed E-state index contributed by atoms with van der Waals surface area (Å²) in [6.07, 6.45) is 5.78. The number of nitrogen functional groups attached to an aromatic ring is 1. The third kappa shape index (κ3) is 5.66. The van der Waals surface area contributed by atoms with Crippen molar-refractivity contribution in [2.24, 2.45) is 17.8 Å². The van der Waals surface area contributed by atoms with Gasteiger partial charge in [-0.2, -0.15) is 0 Å². The SMILES string of the molecule is COC(=O)[C@H]1CC[C@H](C(C(C)C)N2CC(c3ccc(-n4c(-c5cccnc5N)nc5ccc(-c6ccccc6)nc54)cc3)C2)CC1. The molecule has 1 saturated heterocycles. The van der Waals surface area contributed by atoms with E-state index in [1.165, 1.54) is 12.7 Å². The van der Waals surface area contributed by atoms with Crippen LogP contribution in [0.25, 0.3) is 39.5 Å². The van der Waals surface area contributed by atoms with Crippen LogP contribution in [0.4, 0.5) is 5.82 Å². The second-order valence-corrected chi connectivity index (χ2v) is 13.2. The Morgan fingerprint density at radius 3 is 2.30 bits per heavy atom. The third-order valence-corrected chi connectivity index (χ3v) is 10.1. The number of fused-ring (bicyclic) bond motifs is 1. The highest BCUT2D eigenvalue weighted by atomic mass is 16.5. The van der Waals surface area contributed by atoms with Crippen molar-refractivity contribution in [3.05, 3.63) is 90.6 Å². The zero-order valence-electron chi connectivity index (χ0n) is 26.8. The van der Waals surface area contributed by atoms with Gasteiger partial charge in [-0.15, -0.1) is 0 Å². The highest BCUT2D eigenvalue weighted by Gasteiger charge is 2.40. The molecule has 8 heteroatoms. The van der Waals surface area contributed by atoms with E-state index in [1.807, 2.05) is 42.5 Å². The van der Waals surface area contributed by atoms with E-state index in [4.69, 9.17) is 20.4 Å². The highest BCUT2D eigenvalue weighted by molar-refractivity contribution is 5.84. The Morgan fingerprint density at radius 2 is 1.63 bits per heavy atom. The number of carbonyl (C=O) groups excluding carboxylic acids is 1. The van der Waals surface area contributed by atoms with Gasteiger partial charge in [0.1, 0.15) is 11.3 Å². The number of carbonyl (C=O) groups is 1. The lowest BCUT2D eigenvalue weighted by Gasteiger charge is -2.50. The molecule has 1 aliphatic heterocycles. The minimum Gasteiger partial charge on any atom is -0.469 e. The summed E-state index contributed by atoms with van der Waals surface area (Å²) in [5.41, 5.74) is 13.0. The van der Waals surface area contributed by atoms with Crippen LogP contribution in [0, 0.1) is 17.8 Å². The molecule has 0 amide bonds. The van der Waals surface area contributed by atoms with E-state index < -0.39 is 0 Å². The van der Waals surface area contributed by atoms with Gasteiger partial charge in [0, 0.05) is 42.5 Å². The van der Waals surface area contributed by atoms with Gasteiger partial charge in [-0.3, -0.25) is 14.3 Å². The predicted molar refractivity (Wildman–Crippen MR) is 182 cm³/mol. The second kappa shape index (κ2) is 12.7. The number of anilines is 1. The van der Waals surface area contributed by atoms with Crippen LogP contribution < -0.4 is 5.73 Å². The fourth-order valence-electron chi connectivity index (χ4n) is 7.75. The number of hydrogen-bond acceptors (Lipinski definition) is 7. The zero-order valence-corrected chi connectivity index (χ0v) is 26.8. The standard InChI is InChI=1S/C38H42N6O2/c1-24(2)34(27-11-13-28(14-12-27)38(45)46-3)43-22-29(23-43)25-15-17-30(18-16-25)44-36(31-10-7-21-40-35(31)39)42-33-20-19-32(41-37(33)44)26-8-5-4-6-9-26/h4-10,15-21,24,27-29,34H,11-14,22-23H2,1-3H3,(H2,39,40)/t27-,28-,34?. The fourth-order valence-corrected chi connectivity index (χ4v) is 7.75. The van der Waals surface area contributed by atoms with Crippen molar-refractivity contribution >= 4 is 23.0 Å². The minimum atomic E-state index is -0.0425. The van der Waals surface area contributed by atoms with E-state index in [0.29, 0.717) is 29.6 Å². The first-order chi connectivity index (χ1) is 22.4. The Hall–Kier alpha value is -4.56. The molecule has 0 radical (unpaired) electrons. The molecule has 1 saturated carbocycles. The molecular weight excluding hydrogens is 572 g/mol. The summed E-state index contributed by atoms with van der Waals surface area (Å²) in [6, 6.07) is 27.5. The summed E-state index contributed by atoms with van der Waals surface area (Å²) in [4.78, 5) is 29.2. The third-order valence-electron chi connectivity index (χ3n) is 10.1. The lowest BCUT2D eigenvalue weighted by molar-refractivity contribution is -0.147. The molecule has 46 heavy (non-hydrogen) atoms. The van der Waals surface area contributed by atoms with Crippen molar-refractivity contribution in [2.45, 2.75) is 51.5 Å². The molecule has 1 unspecified atom stereocenters. The zero-order chi connectivity index (χ0) is 31.8. The number of esters is 1. The van der Waals surface area contributed by atoms with Crippen LogP contribution in [-0.4, -0.2) is 56.6 Å². The molecular formula is C38H42N6O2. The number of methoxy groups -OCH3 is 1. The van der Waals surface area contributed by atoms with Gasteiger partial charge in [0.15, 0.2) is 11.5 Å². The van der Waals surface area contributed by atoms with E-state index >= 15 is 0 Å². The molecule has 2 aromatic carbocycles. The Bertz CT molecular complexity index is 1820. The van der Waals surface area contributed by atoms with Gasteiger partial charge in [-0.05, 0) is 79.5 Å². The molecule has 0 bridgehead atoms. The van der Waals surface area contributed by atoms with Gasteiger partial charge in [0.2, 0.25) is 0 Å². The molecule has 2 N–H and O–H groups in total. The van der Waals surface area contributed by atoms with Crippen molar-refractivity contribution < 1.29 is 9.53 Å². The van der Waals surface area contributed by atoms with E-state index in [-0.39, 0.29) is 11.9 Å². The largest absolute Gasteiger partial charge is 0.469 e.